The number of likely N-dealkylation sites (tertiary alicyclic amines) is 1. The van der Waals surface area contributed by atoms with Crippen molar-refractivity contribution < 1.29 is 22.8 Å². The molecule has 29 heavy (non-hydrogen) atoms. The Kier molecular flexibility index (Phi) is 6.71. The summed E-state index contributed by atoms with van der Waals surface area (Å²) in [5, 5.41) is 2.57. The van der Waals surface area contributed by atoms with Crippen LogP contribution in [0.15, 0.2) is 12.3 Å². The Bertz CT molecular complexity index is 748. The van der Waals surface area contributed by atoms with Gasteiger partial charge in [-0.3, -0.25) is 4.79 Å². The molecule has 3 amide bonds. The molecule has 1 aromatic rings. The first-order chi connectivity index (χ1) is 13.8. The Morgan fingerprint density at radius 3 is 2.28 bits per heavy atom. The lowest BCUT2D eigenvalue weighted by molar-refractivity contribution is -0.137. The van der Waals surface area contributed by atoms with E-state index in [4.69, 9.17) is 11.6 Å². The number of alkyl halides is 3. The van der Waals surface area contributed by atoms with Crippen molar-refractivity contribution in [2.75, 3.05) is 50.7 Å². The number of nitrogens with zero attached hydrogens (tertiary/aromatic N) is 4. The van der Waals surface area contributed by atoms with Crippen molar-refractivity contribution in [3.05, 3.63) is 22.8 Å². The van der Waals surface area contributed by atoms with Crippen molar-refractivity contribution in [3.8, 4) is 0 Å². The second-order valence-electron chi connectivity index (χ2n) is 7.10. The van der Waals surface area contributed by atoms with E-state index in [1.54, 1.807) is 14.7 Å². The van der Waals surface area contributed by atoms with Crippen molar-refractivity contribution in [1.29, 1.82) is 0 Å². The Labute approximate surface area is 171 Å². The number of carbonyl (C=O) groups is 2. The van der Waals surface area contributed by atoms with Crippen LogP contribution in [0.3, 0.4) is 0 Å². The van der Waals surface area contributed by atoms with E-state index in [-0.39, 0.29) is 29.3 Å². The fourth-order valence-corrected chi connectivity index (χ4v) is 3.74. The van der Waals surface area contributed by atoms with Crippen LogP contribution in [0.25, 0.3) is 0 Å². The molecule has 0 atom stereocenters. The fourth-order valence-electron chi connectivity index (χ4n) is 3.46. The van der Waals surface area contributed by atoms with E-state index in [9.17, 15) is 22.8 Å². The van der Waals surface area contributed by atoms with Crippen molar-refractivity contribution in [2.45, 2.75) is 25.4 Å². The third kappa shape index (κ3) is 5.43. The average Bonchev–Trinajstić information content (AvgIpc) is 2.72. The molecule has 0 aliphatic carbocycles. The summed E-state index contributed by atoms with van der Waals surface area (Å²) >= 11 is 5.99. The van der Waals surface area contributed by atoms with E-state index in [1.807, 2.05) is 0 Å². The molecular weight excluding hydrogens is 411 g/mol. The number of piperazine rings is 1. The summed E-state index contributed by atoms with van der Waals surface area (Å²) in [4.78, 5) is 33.4. The lowest BCUT2D eigenvalue weighted by atomic mass is 10.1. The SMILES string of the molecule is O=C(CNC(=O)N1CCN(c2ncc(C(F)(F)F)cc2Cl)CC1)N1CCCCC1. The monoisotopic (exact) mass is 433 g/mol. The number of nitrogens with one attached hydrogen (secondary N) is 1. The van der Waals surface area contributed by atoms with E-state index in [1.165, 1.54) is 0 Å². The number of urea groups is 1. The molecule has 0 unspecified atom stereocenters. The highest BCUT2D eigenvalue weighted by Crippen LogP contribution is 2.33. The zero-order valence-electron chi connectivity index (χ0n) is 15.8. The van der Waals surface area contributed by atoms with Gasteiger partial charge in [-0.25, -0.2) is 9.78 Å². The number of carbonyl (C=O) groups excluding carboxylic acids is 2. The molecule has 3 heterocycles. The van der Waals surface area contributed by atoms with Gasteiger partial charge in [0, 0.05) is 45.5 Å². The van der Waals surface area contributed by atoms with Crippen LogP contribution in [-0.4, -0.2) is 72.5 Å². The Balaban J connectivity index is 1.48. The molecular formula is C18H23ClF3N5O2. The standard InChI is InChI=1S/C18H23ClF3N5O2/c19-14-10-13(18(20,21)22)11-23-16(14)26-6-8-27(9-7-26)17(29)24-12-15(28)25-4-2-1-3-5-25/h10-11H,1-9,12H2,(H,24,29). The lowest BCUT2D eigenvalue weighted by Crippen LogP contribution is -2.53. The van der Waals surface area contributed by atoms with Crippen LogP contribution in [-0.2, 0) is 11.0 Å². The van der Waals surface area contributed by atoms with Gasteiger partial charge in [-0.2, -0.15) is 13.2 Å². The Morgan fingerprint density at radius 2 is 1.69 bits per heavy atom. The van der Waals surface area contributed by atoms with E-state index >= 15 is 0 Å². The second-order valence-corrected chi connectivity index (χ2v) is 7.51. The molecule has 0 spiro atoms. The number of anilines is 1. The first-order valence-corrected chi connectivity index (χ1v) is 9.92. The smallest absolute Gasteiger partial charge is 0.352 e. The fraction of sp³-hybridized carbons (Fsp3) is 0.611. The van der Waals surface area contributed by atoms with Crippen molar-refractivity contribution >= 4 is 29.4 Å². The van der Waals surface area contributed by atoms with Crippen LogP contribution in [0.5, 0.6) is 0 Å². The third-order valence-corrected chi connectivity index (χ3v) is 5.39. The minimum atomic E-state index is -4.50. The number of piperidine rings is 1. The van der Waals surface area contributed by atoms with Gasteiger partial charge in [-0.05, 0) is 25.3 Å². The molecule has 160 valence electrons. The summed E-state index contributed by atoms with van der Waals surface area (Å²) in [6, 6.07) is 0.524. The summed E-state index contributed by atoms with van der Waals surface area (Å²) < 4.78 is 38.2. The molecule has 1 N–H and O–H groups in total. The maximum absolute atomic E-state index is 12.7. The summed E-state index contributed by atoms with van der Waals surface area (Å²) in [6.07, 6.45) is -0.646. The molecule has 3 rings (SSSR count). The molecule has 2 saturated heterocycles. The van der Waals surface area contributed by atoms with Gasteiger partial charge in [0.05, 0.1) is 17.1 Å². The van der Waals surface area contributed by atoms with Gasteiger partial charge in [-0.1, -0.05) is 11.6 Å². The quantitative estimate of drug-likeness (QED) is 0.795. The Morgan fingerprint density at radius 1 is 1.03 bits per heavy atom. The molecule has 11 heteroatoms. The highest BCUT2D eigenvalue weighted by Gasteiger charge is 2.32. The number of hydrogen-bond acceptors (Lipinski definition) is 4. The number of hydrogen-bond donors (Lipinski definition) is 1. The summed E-state index contributed by atoms with van der Waals surface area (Å²) in [5.74, 6) is 0.178. The molecule has 2 aliphatic heterocycles. The first-order valence-electron chi connectivity index (χ1n) is 9.54. The molecule has 7 nitrogen and oxygen atoms in total. The van der Waals surface area contributed by atoms with Crippen molar-refractivity contribution in [2.24, 2.45) is 0 Å². The number of halogens is 4. The number of rotatable bonds is 3. The van der Waals surface area contributed by atoms with Gasteiger partial charge in [0.25, 0.3) is 0 Å². The first kappa shape index (κ1) is 21.5. The normalized spacial score (nSPS) is 18.0. The molecule has 2 aliphatic rings. The summed E-state index contributed by atoms with van der Waals surface area (Å²) in [5.41, 5.74) is -0.900. The minimum Gasteiger partial charge on any atom is -0.352 e. The lowest BCUT2D eigenvalue weighted by Gasteiger charge is -2.36. The largest absolute Gasteiger partial charge is 0.417 e. The second kappa shape index (κ2) is 9.06. The van der Waals surface area contributed by atoms with Crippen molar-refractivity contribution in [3.63, 3.8) is 0 Å². The van der Waals surface area contributed by atoms with E-state index in [2.05, 4.69) is 10.3 Å². The molecule has 2 fully saturated rings. The van der Waals surface area contributed by atoms with Gasteiger partial charge in [-0.15, -0.1) is 0 Å². The maximum atomic E-state index is 12.7. The highest BCUT2D eigenvalue weighted by molar-refractivity contribution is 6.33. The van der Waals surface area contributed by atoms with Crippen LogP contribution in [0, 0.1) is 0 Å². The predicted octanol–water partition coefficient (Wildman–Crippen LogP) is 2.60. The van der Waals surface area contributed by atoms with E-state index in [0.29, 0.717) is 26.2 Å². The Hall–Kier alpha value is -2.23. The highest BCUT2D eigenvalue weighted by atomic mass is 35.5. The van der Waals surface area contributed by atoms with E-state index in [0.717, 1.165) is 44.6 Å². The predicted molar refractivity (Wildman–Crippen MR) is 102 cm³/mol. The third-order valence-electron chi connectivity index (χ3n) is 5.12. The van der Waals surface area contributed by atoms with Gasteiger partial charge in [0.2, 0.25) is 5.91 Å². The minimum absolute atomic E-state index is 0.0364. The van der Waals surface area contributed by atoms with Crippen LogP contribution in [0.2, 0.25) is 5.02 Å². The van der Waals surface area contributed by atoms with Crippen molar-refractivity contribution in [1.82, 2.24) is 20.1 Å². The van der Waals surface area contributed by atoms with Gasteiger partial charge in [0.1, 0.15) is 5.82 Å². The molecule has 0 bridgehead atoms. The zero-order valence-corrected chi connectivity index (χ0v) is 16.6. The van der Waals surface area contributed by atoms with E-state index < -0.39 is 11.7 Å². The summed E-state index contributed by atoms with van der Waals surface area (Å²) in [6.45, 7) is 2.89. The molecule has 0 saturated carbocycles. The summed E-state index contributed by atoms with van der Waals surface area (Å²) in [7, 11) is 0. The van der Waals surface area contributed by atoms with Crippen LogP contribution in [0.1, 0.15) is 24.8 Å². The number of pyridine rings is 1. The average molecular weight is 434 g/mol. The van der Waals surface area contributed by atoms with Gasteiger partial charge in [0.15, 0.2) is 0 Å². The molecule has 0 radical (unpaired) electrons. The van der Waals surface area contributed by atoms with Crippen LogP contribution in [0.4, 0.5) is 23.8 Å². The van der Waals surface area contributed by atoms with Gasteiger partial charge < -0.3 is 20.0 Å². The van der Waals surface area contributed by atoms with Crippen LogP contribution >= 0.6 is 11.6 Å². The molecule has 1 aromatic heterocycles. The number of amides is 3. The zero-order chi connectivity index (χ0) is 21.0. The van der Waals surface area contributed by atoms with Gasteiger partial charge >= 0.3 is 12.2 Å². The molecule has 0 aromatic carbocycles. The maximum Gasteiger partial charge on any atom is 0.417 e. The van der Waals surface area contributed by atoms with Crippen LogP contribution < -0.4 is 10.2 Å². The topological polar surface area (TPSA) is 68.8 Å². The number of aromatic nitrogens is 1.